The van der Waals surface area contributed by atoms with Crippen molar-refractivity contribution >= 4 is 27.4 Å². The molecule has 1 saturated heterocycles. The molecule has 2 aliphatic rings. The molecule has 2 fully saturated rings. The molecule has 39 heavy (non-hydrogen) atoms. The Morgan fingerprint density at radius 2 is 1.92 bits per heavy atom. The molecule has 1 N–H and O–H groups in total. The number of nitrogens with zero attached hydrogens (tertiary/aromatic N) is 7. The molecule has 0 spiro atoms. The number of piperidine rings is 1. The number of nitrogens with one attached hydrogen (secondary N) is 1. The third kappa shape index (κ3) is 4.94. The van der Waals surface area contributed by atoms with Gasteiger partial charge in [0.15, 0.2) is 11.5 Å². The molecule has 1 aliphatic carbocycles. The summed E-state index contributed by atoms with van der Waals surface area (Å²) in [6.45, 7) is 5.26. The predicted octanol–water partition coefficient (Wildman–Crippen LogP) is 3.75. The van der Waals surface area contributed by atoms with E-state index in [-0.39, 0.29) is 17.1 Å². The van der Waals surface area contributed by atoms with Crippen LogP contribution in [-0.2, 0) is 10.0 Å². The minimum absolute atomic E-state index is 0.0746. The Kier molecular flexibility index (Phi) is 6.67. The quantitative estimate of drug-likeness (QED) is 0.355. The standard InChI is InChI=1S/C27H32N8O3S/c1-3-18(2)20-5-8-24(29-16-20)35-25(31-27(36)22-17-30-34-12-4-11-28-26(22)34)15-23(32-35)19-9-13-33(14-10-19)39(37,38)21-6-7-21/h4-5,8,11-12,15-19,21H,3,6-7,9-10,13-14H2,1-2H3,(H,31,36). The van der Waals surface area contributed by atoms with Gasteiger partial charge in [0.25, 0.3) is 5.91 Å². The monoisotopic (exact) mass is 548 g/mol. The molecule has 5 heterocycles. The first kappa shape index (κ1) is 25.6. The molecule has 4 aromatic rings. The highest BCUT2D eigenvalue weighted by Gasteiger charge is 2.41. The number of hydrogen-bond acceptors (Lipinski definition) is 7. The summed E-state index contributed by atoms with van der Waals surface area (Å²) in [5, 5.41) is 11.9. The van der Waals surface area contributed by atoms with Crippen LogP contribution in [0.15, 0.2) is 49.1 Å². The summed E-state index contributed by atoms with van der Waals surface area (Å²) in [6, 6.07) is 7.57. The lowest BCUT2D eigenvalue weighted by Crippen LogP contribution is -2.39. The zero-order chi connectivity index (χ0) is 27.1. The van der Waals surface area contributed by atoms with Crippen molar-refractivity contribution in [3.63, 3.8) is 0 Å². The van der Waals surface area contributed by atoms with Crippen LogP contribution in [0, 0.1) is 0 Å². The molecule has 11 nitrogen and oxygen atoms in total. The topological polar surface area (TPSA) is 127 Å². The number of fused-ring (bicyclic) bond motifs is 1. The van der Waals surface area contributed by atoms with Gasteiger partial charge in [-0.3, -0.25) is 4.79 Å². The number of carbonyl (C=O) groups is 1. The van der Waals surface area contributed by atoms with Gasteiger partial charge in [-0.1, -0.05) is 19.9 Å². The smallest absolute Gasteiger partial charge is 0.262 e. The minimum Gasteiger partial charge on any atom is -0.306 e. The highest BCUT2D eigenvalue weighted by Crippen LogP contribution is 2.36. The number of aromatic nitrogens is 6. The van der Waals surface area contributed by atoms with Gasteiger partial charge >= 0.3 is 0 Å². The maximum atomic E-state index is 13.3. The molecule has 12 heteroatoms. The van der Waals surface area contributed by atoms with Gasteiger partial charge in [-0.2, -0.15) is 14.9 Å². The Hall–Kier alpha value is -3.64. The third-order valence-electron chi connectivity index (χ3n) is 7.84. The molecular formula is C27H32N8O3S. The van der Waals surface area contributed by atoms with E-state index in [0.717, 1.165) is 30.5 Å². The fourth-order valence-electron chi connectivity index (χ4n) is 5.07. The van der Waals surface area contributed by atoms with E-state index in [1.54, 1.807) is 32.0 Å². The Morgan fingerprint density at radius 3 is 2.62 bits per heavy atom. The van der Waals surface area contributed by atoms with Crippen molar-refractivity contribution in [2.24, 2.45) is 0 Å². The average molecular weight is 549 g/mol. The van der Waals surface area contributed by atoms with Gasteiger partial charge in [-0.25, -0.2) is 27.2 Å². The average Bonchev–Trinajstić information content (AvgIpc) is 3.62. The van der Waals surface area contributed by atoms with Crippen molar-refractivity contribution in [2.45, 2.75) is 63.0 Å². The summed E-state index contributed by atoms with van der Waals surface area (Å²) in [5.41, 5.74) is 2.76. The summed E-state index contributed by atoms with van der Waals surface area (Å²) in [7, 11) is -3.19. The maximum absolute atomic E-state index is 13.3. The van der Waals surface area contributed by atoms with Gasteiger partial charge in [0, 0.05) is 43.7 Å². The largest absolute Gasteiger partial charge is 0.306 e. The number of anilines is 1. The number of pyridine rings is 1. The highest BCUT2D eigenvalue weighted by molar-refractivity contribution is 7.90. The Balaban J connectivity index is 1.29. The summed E-state index contributed by atoms with van der Waals surface area (Å²) in [4.78, 5) is 22.3. The molecule has 204 valence electrons. The number of sulfonamides is 1. The zero-order valence-corrected chi connectivity index (χ0v) is 22.9. The van der Waals surface area contributed by atoms with Crippen LogP contribution in [0.5, 0.6) is 0 Å². The molecule has 1 atom stereocenters. The van der Waals surface area contributed by atoms with Crippen LogP contribution in [0.1, 0.15) is 79.4 Å². The highest BCUT2D eigenvalue weighted by atomic mass is 32.2. The molecule has 1 amide bonds. The lowest BCUT2D eigenvalue weighted by Gasteiger charge is -2.30. The second-order valence-corrected chi connectivity index (χ2v) is 12.7. The molecule has 1 aliphatic heterocycles. The van der Waals surface area contributed by atoms with Crippen LogP contribution in [0.3, 0.4) is 0 Å². The van der Waals surface area contributed by atoms with Gasteiger partial charge < -0.3 is 5.32 Å². The van der Waals surface area contributed by atoms with Crippen molar-refractivity contribution in [1.82, 2.24) is 33.7 Å². The summed E-state index contributed by atoms with van der Waals surface area (Å²) < 4.78 is 30.2. The van der Waals surface area contributed by atoms with E-state index in [4.69, 9.17) is 5.10 Å². The van der Waals surface area contributed by atoms with Gasteiger partial charge in [-0.05, 0) is 55.7 Å². The van der Waals surface area contributed by atoms with Gasteiger partial charge in [0.1, 0.15) is 11.4 Å². The van der Waals surface area contributed by atoms with Crippen molar-refractivity contribution in [2.75, 3.05) is 18.4 Å². The van der Waals surface area contributed by atoms with Crippen LogP contribution in [0.4, 0.5) is 5.82 Å². The normalized spacial score (nSPS) is 17.9. The third-order valence-corrected chi connectivity index (χ3v) is 10.2. The Bertz CT molecular complexity index is 1600. The maximum Gasteiger partial charge on any atom is 0.262 e. The second-order valence-electron chi connectivity index (χ2n) is 10.4. The first-order valence-corrected chi connectivity index (χ1v) is 15.0. The molecule has 4 aromatic heterocycles. The molecule has 6 rings (SSSR count). The van der Waals surface area contributed by atoms with E-state index in [1.165, 1.54) is 6.20 Å². The molecule has 0 radical (unpaired) electrons. The number of rotatable bonds is 8. The molecule has 1 saturated carbocycles. The van der Waals surface area contributed by atoms with E-state index in [1.807, 2.05) is 24.4 Å². The molecule has 0 aromatic carbocycles. The summed E-state index contributed by atoms with van der Waals surface area (Å²) in [5.74, 6) is 1.19. The van der Waals surface area contributed by atoms with E-state index in [2.05, 4.69) is 34.2 Å². The van der Waals surface area contributed by atoms with Gasteiger partial charge in [0.2, 0.25) is 10.0 Å². The number of hydrogen-bond donors (Lipinski definition) is 1. The van der Waals surface area contributed by atoms with Crippen LogP contribution in [0.25, 0.3) is 11.5 Å². The van der Waals surface area contributed by atoms with Crippen molar-refractivity contribution in [3.8, 4) is 5.82 Å². The van der Waals surface area contributed by atoms with E-state index >= 15 is 0 Å². The van der Waals surface area contributed by atoms with E-state index in [9.17, 15) is 13.2 Å². The predicted molar refractivity (Wildman–Crippen MR) is 146 cm³/mol. The Labute approximate surface area is 227 Å². The van der Waals surface area contributed by atoms with Crippen LogP contribution >= 0.6 is 0 Å². The first-order chi connectivity index (χ1) is 18.8. The van der Waals surface area contributed by atoms with E-state index in [0.29, 0.717) is 54.7 Å². The molecule has 0 bridgehead atoms. The van der Waals surface area contributed by atoms with Crippen molar-refractivity contribution < 1.29 is 13.2 Å². The summed E-state index contributed by atoms with van der Waals surface area (Å²) >= 11 is 0. The Morgan fingerprint density at radius 1 is 1.13 bits per heavy atom. The van der Waals surface area contributed by atoms with Crippen LogP contribution in [-0.4, -0.2) is 66.3 Å². The number of carbonyl (C=O) groups excluding carboxylic acids is 1. The van der Waals surface area contributed by atoms with Crippen molar-refractivity contribution in [1.29, 1.82) is 0 Å². The first-order valence-electron chi connectivity index (χ1n) is 13.5. The summed E-state index contributed by atoms with van der Waals surface area (Å²) in [6.07, 6.45) is 10.6. The van der Waals surface area contributed by atoms with Gasteiger partial charge in [0.05, 0.1) is 17.1 Å². The fraction of sp³-hybridized carbons (Fsp3) is 0.444. The number of amides is 1. The fourth-order valence-corrected chi connectivity index (χ4v) is 6.94. The zero-order valence-electron chi connectivity index (χ0n) is 22.1. The second kappa shape index (κ2) is 10.2. The lowest BCUT2D eigenvalue weighted by molar-refractivity contribution is 0.102. The molecular weight excluding hydrogens is 516 g/mol. The lowest BCUT2D eigenvalue weighted by atomic mass is 9.95. The minimum atomic E-state index is -3.19. The van der Waals surface area contributed by atoms with Crippen LogP contribution < -0.4 is 5.32 Å². The van der Waals surface area contributed by atoms with Crippen LogP contribution in [0.2, 0.25) is 0 Å². The van der Waals surface area contributed by atoms with E-state index < -0.39 is 10.0 Å². The van der Waals surface area contributed by atoms with Crippen molar-refractivity contribution in [3.05, 3.63) is 65.9 Å². The van der Waals surface area contributed by atoms with Gasteiger partial charge in [-0.15, -0.1) is 0 Å². The molecule has 1 unspecified atom stereocenters. The SMILES string of the molecule is CCC(C)c1ccc(-n2nc(C3CCN(S(=O)(=O)C4CC4)CC3)cc2NC(=O)c2cnn3cccnc23)nc1.